The first-order valence-electron chi connectivity index (χ1n) is 5.34. The Labute approximate surface area is 101 Å². The first-order valence-corrected chi connectivity index (χ1v) is 6.56. The fourth-order valence-electron chi connectivity index (χ4n) is 1.93. The van der Waals surface area contributed by atoms with Gasteiger partial charge in [-0.25, -0.2) is 0 Å². The minimum absolute atomic E-state index is 0.810. The van der Waals surface area contributed by atoms with Crippen LogP contribution in [0.25, 0.3) is 0 Å². The van der Waals surface area contributed by atoms with Gasteiger partial charge in [0.05, 0.1) is 11.3 Å². The summed E-state index contributed by atoms with van der Waals surface area (Å²) < 4.78 is 0. The van der Waals surface area contributed by atoms with Gasteiger partial charge in [0.25, 0.3) is 0 Å². The van der Waals surface area contributed by atoms with Gasteiger partial charge in [-0.1, -0.05) is 18.2 Å². The van der Waals surface area contributed by atoms with Crippen molar-refractivity contribution in [2.45, 2.75) is 11.3 Å². The van der Waals surface area contributed by atoms with Crippen LogP contribution in [0.3, 0.4) is 0 Å². The van der Waals surface area contributed by atoms with E-state index in [1.54, 1.807) is 11.8 Å². The van der Waals surface area contributed by atoms with Crippen molar-refractivity contribution in [1.82, 2.24) is 0 Å². The number of nitrogens with zero attached hydrogens (tertiary/aromatic N) is 2. The fraction of sp³-hybridized carbons (Fsp3) is 0.308. The molecular formula is C13H14N2S. The van der Waals surface area contributed by atoms with E-state index in [0.29, 0.717) is 0 Å². The summed E-state index contributed by atoms with van der Waals surface area (Å²) in [5.41, 5.74) is 1.88. The van der Waals surface area contributed by atoms with Crippen molar-refractivity contribution >= 4 is 17.4 Å². The van der Waals surface area contributed by atoms with Crippen LogP contribution in [-0.2, 0) is 0 Å². The molecule has 0 unspecified atom stereocenters. The van der Waals surface area contributed by atoms with Gasteiger partial charge in [0.2, 0.25) is 0 Å². The fourth-order valence-corrected chi connectivity index (χ4v) is 2.49. The zero-order valence-electron chi connectivity index (χ0n) is 9.31. The van der Waals surface area contributed by atoms with E-state index in [0.717, 1.165) is 35.7 Å². The van der Waals surface area contributed by atoms with E-state index in [1.807, 2.05) is 24.5 Å². The number of benzene rings is 1. The maximum Gasteiger partial charge on any atom is 0.103 e. The van der Waals surface area contributed by atoms with Crippen LogP contribution < -0.4 is 4.90 Å². The third-order valence-electron chi connectivity index (χ3n) is 2.73. The second-order valence-corrected chi connectivity index (χ2v) is 4.52. The summed E-state index contributed by atoms with van der Waals surface area (Å²) in [6.07, 6.45) is 7.43. The standard InChI is InChI=1S/C13H14N2S/c1-16-13-7-5-6-12(11(13)10-14)15-8-3-2-4-9-15/h2-3,5-7H,4,8-9H2,1H3. The molecule has 82 valence electrons. The van der Waals surface area contributed by atoms with Crippen LogP contribution in [0, 0.1) is 11.3 Å². The molecule has 0 N–H and O–H groups in total. The molecule has 0 spiro atoms. The monoisotopic (exact) mass is 230 g/mol. The molecular weight excluding hydrogens is 216 g/mol. The molecule has 0 aliphatic carbocycles. The Morgan fingerprint density at radius 2 is 2.25 bits per heavy atom. The van der Waals surface area contributed by atoms with Gasteiger partial charge in [-0.2, -0.15) is 5.26 Å². The zero-order chi connectivity index (χ0) is 11.4. The van der Waals surface area contributed by atoms with Gasteiger partial charge in [-0.3, -0.25) is 0 Å². The van der Waals surface area contributed by atoms with Crippen molar-refractivity contribution in [2.75, 3.05) is 24.2 Å². The second-order valence-electron chi connectivity index (χ2n) is 3.67. The summed E-state index contributed by atoms with van der Waals surface area (Å²) in [7, 11) is 0. The number of nitriles is 1. The Morgan fingerprint density at radius 1 is 1.38 bits per heavy atom. The third kappa shape index (κ3) is 2.07. The number of thioether (sulfide) groups is 1. The summed E-state index contributed by atoms with van der Waals surface area (Å²) in [4.78, 5) is 3.33. The van der Waals surface area contributed by atoms with Crippen molar-refractivity contribution in [3.8, 4) is 6.07 Å². The molecule has 2 rings (SSSR count). The van der Waals surface area contributed by atoms with Crippen molar-refractivity contribution in [1.29, 1.82) is 5.26 Å². The summed E-state index contributed by atoms with van der Waals surface area (Å²) in [5, 5.41) is 9.25. The van der Waals surface area contributed by atoms with Crippen LogP contribution in [0.4, 0.5) is 5.69 Å². The first-order chi connectivity index (χ1) is 7.86. The van der Waals surface area contributed by atoms with Crippen LogP contribution >= 0.6 is 11.8 Å². The lowest BCUT2D eigenvalue weighted by atomic mass is 10.1. The predicted octanol–water partition coefficient (Wildman–Crippen LogP) is 3.05. The normalized spacial score (nSPS) is 14.9. The van der Waals surface area contributed by atoms with Crippen molar-refractivity contribution < 1.29 is 0 Å². The first kappa shape index (κ1) is 11.1. The molecule has 2 nitrogen and oxygen atoms in total. The minimum Gasteiger partial charge on any atom is -0.366 e. The summed E-state index contributed by atoms with van der Waals surface area (Å²) in [6.45, 7) is 1.91. The topological polar surface area (TPSA) is 27.0 Å². The molecule has 0 saturated heterocycles. The maximum absolute atomic E-state index is 9.25. The smallest absolute Gasteiger partial charge is 0.103 e. The molecule has 0 bridgehead atoms. The minimum atomic E-state index is 0.810. The third-order valence-corrected chi connectivity index (χ3v) is 3.51. The molecule has 1 aromatic rings. The highest BCUT2D eigenvalue weighted by Crippen LogP contribution is 2.29. The van der Waals surface area contributed by atoms with Crippen molar-refractivity contribution in [3.05, 3.63) is 35.9 Å². The van der Waals surface area contributed by atoms with E-state index in [9.17, 15) is 5.26 Å². The molecule has 3 heteroatoms. The molecule has 1 heterocycles. The van der Waals surface area contributed by atoms with Crippen molar-refractivity contribution in [3.63, 3.8) is 0 Å². The Morgan fingerprint density at radius 3 is 2.88 bits per heavy atom. The number of hydrogen-bond acceptors (Lipinski definition) is 3. The molecule has 0 atom stereocenters. The van der Waals surface area contributed by atoms with Crippen LogP contribution in [0.15, 0.2) is 35.2 Å². The van der Waals surface area contributed by atoms with Crippen LogP contribution in [0.5, 0.6) is 0 Å². The van der Waals surface area contributed by atoms with E-state index >= 15 is 0 Å². The zero-order valence-corrected chi connectivity index (χ0v) is 10.1. The Bertz CT molecular complexity index is 446. The van der Waals surface area contributed by atoms with Crippen molar-refractivity contribution in [2.24, 2.45) is 0 Å². The van der Waals surface area contributed by atoms with Gasteiger partial charge in [0.1, 0.15) is 6.07 Å². The van der Waals surface area contributed by atoms with Gasteiger partial charge < -0.3 is 4.90 Å². The average molecular weight is 230 g/mol. The lowest BCUT2D eigenvalue weighted by molar-refractivity contribution is 0.818. The Hall–Kier alpha value is -1.40. The molecule has 0 aromatic heterocycles. The lowest BCUT2D eigenvalue weighted by Gasteiger charge is -2.27. The van der Waals surface area contributed by atoms with Crippen LogP contribution in [0.1, 0.15) is 12.0 Å². The molecule has 1 aliphatic rings. The molecule has 1 aromatic carbocycles. The van der Waals surface area contributed by atoms with E-state index < -0.39 is 0 Å². The number of anilines is 1. The van der Waals surface area contributed by atoms with Crippen LogP contribution in [0.2, 0.25) is 0 Å². The summed E-state index contributed by atoms with van der Waals surface area (Å²) >= 11 is 1.63. The highest BCUT2D eigenvalue weighted by Gasteiger charge is 2.14. The van der Waals surface area contributed by atoms with Gasteiger partial charge in [0.15, 0.2) is 0 Å². The van der Waals surface area contributed by atoms with E-state index in [4.69, 9.17) is 0 Å². The van der Waals surface area contributed by atoms with Gasteiger partial charge in [-0.15, -0.1) is 11.8 Å². The van der Waals surface area contributed by atoms with E-state index in [-0.39, 0.29) is 0 Å². The Balaban J connectivity index is 2.40. The second kappa shape index (κ2) is 5.09. The van der Waals surface area contributed by atoms with E-state index in [2.05, 4.69) is 23.1 Å². The summed E-state index contributed by atoms with van der Waals surface area (Å²) in [5.74, 6) is 0. The number of rotatable bonds is 2. The molecule has 0 radical (unpaired) electrons. The maximum atomic E-state index is 9.25. The van der Waals surface area contributed by atoms with Gasteiger partial charge in [-0.05, 0) is 24.8 Å². The largest absolute Gasteiger partial charge is 0.366 e. The molecule has 0 saturated carbocycles. The average Bonchev–Trinajstić information content (AvgIpc) is 2.38. The SMILES string of the molecule is CSc1cccc(N2CC=CCC2)c1C#N. The molecule has 16 heavy (non-hydrogen) atoms. The van der Waals surface area contributed by atoms with E-state index in [1.165, 1.54) is 0 Å². The highest BCUT2D eigenvalue weighted by molar-refractivity contribution is 7.98. The Kier molecular flexibility index (Phi) is 3.53. The molecule has 0 fully saturated rings. The predicted molar refractivity (Wildman–Crippen MR) is 68.9 cm³/mol. The number of hydrogen-bond donors (Lipinski definition) is 0. The van der Waals surface area contributed by atoms with Gasteiger partial charge in [0, 0.05) is 18.0 Å². The van der Waals surface area contributed by atoms with Crippen LogP contribution in [-0.4, -0.2) is 19.3 Å². The molecule has 1 aliphatic heterocycles. The lowest BCUT2D eigenvalue weighted by Crippen LogP contribution is -2.27. The summed E-state index contributed by atoms with van der Waals surface area (Å²) in [6, 6.07) is 8.40. The molecule has 0 amide bonds. The quantitative estimate of drug-likeness (QED) is 0.577. The highest BCUT2D eigenvalue weighted by atomic mass is 32.2. The van der Waals surface area contributed by atoms with Gasteiger partial charge >= 0.3 is 0 Å².